The van der Waals surface area contributed by atoms with Crippen molar-refractivity contribution in [3.63, 3.8) is 0 Å². The molecule has 5 rings (SSSR count). The highest BCUT2D eigenvalue weighted by atomic mass is 19.4. The first-order valence-electron chi connectivity index (χ1n) is 11.2. The van der Waals surface area contributed by atoms with Crippen molar-refractivity contribution >= 4 is 0 Å². The van der Waals surface area contributed by atoms with Crippen LogP contribution in [0.4, 0.5) is 35.1 Å². The fourth-order valence-corrected chi connectivity index (χ4v) is 7.44. The van der Waals surface area contributed by atoms with Gasteiger partial charge in [0.05, 0.1) is 5.60 Å². The molecule has 0 aromatic rings. The summed E-state index contributed by atoms with van der Waals surface area (Å²) in [5.41, 5.74) is -5.64. The number of rotatable bonds is 4. The van der Waals surface area contributed by atoms with Crippen LogP contribution in [-0.4, -0.2) is 35.4 Å². The molecule has 0 aromatic heterocycles. The molecule has 180 valence electrons. The molecule has 5 aliphatic rings. The van der Waals surface area contributed by atoms with E-state index < -0.39 is 53.7 Å². The topological polar surface area (TPSA) is 9.23 Å². The van der Waals surface area contributed by atoms with Gasteiger partial charge in [0.2, 0.25) is 5.60 Å². The third-order valence-electron chi connectivity index (χ3n) is 8.93. The molecule has 9 heteroatoms. The predicted octanol–water partition coefficient (Wildman–Crippen LogP) is 7.19. The smallest absolute Gasteiger partial charge is 0.353 e. The van der Waals surface area contributed by atoms with Crippen molar-refractivity contribution in [2.45, 2.75) is 101 Å². The third-order valence-corrected chi connectivity index (χ3v) is 8.93. The first-order chi connectivity index (χ1) is 14.1. The van der Waals surface area contributed by atoms with E-state index in [4.69, 9.17) is 4.74 Å². The molecule has 0 aliphatic heterocycles. The van der Waals surface area contributed by atoms with Gasteiger partial charge in [-0.2, -0.15) is 13.2 Å². The van der Waals surface area contributed by atoms with Gasteiger partial charge in [0.1, 0.15) is 12.1 Å². The largest absolute Gasteiger partial charge is 0.423 e. The molecule has 5 aliphatic carbocycles. The van der Waals surface area contributed by atoms with Gasteiger partial charge in [-0.25, -0.2) is 22.0 Å². The molecule has 4 bridgehead atoms. The lowest BCUT2D eigenvalue weighted by atomic mass is 9.50. The van der Waals surface area contributed by atoms with Crippen LogP contribution in [0.3, 0.4) is 0 Å². The van der Waals surface area contributed by atoms with Crippen molar-refractivity contribution in [1.29, 1.82) is 0 Å². The van der Waals surface area contributed by atoms with Crippen LogP contribution in [0.1, 0.15) is 65.7 Å². The minimum absolute atomic E-state index is 0.0713. The molecule has 0 amide bonds. The molecule has 31 heavy (non-hydrogen) atoms. The van der Waals surface area contributed by atoms with Gasteiger partial charge < -0.3 is 4.74 Å². The van der Waals surface area contributed by atoms with Gasteiger partial charge in [0.25, 0.3) is 11.8 Å². The highest BCUT2D eigenvalue weighted by molar-refractivity contribution is 5.17. The number of halogens is 8. The quantitative estimate of drug-likeness (QED) is 0.402. The lowest BCUT2D eigenvalue weighted by Crippen LogP contribution is -2.75. The summed E-state index contributed by atoms with van der Waals surface area (Å²) in [5, 5.41) is 0. The number of hydrogen-bond donors (Lipinski definition) is 0. The summed E-state index contributed by atoms with van der Waals surface area (Å²) in [7, 11) is 0. The average Bonchev–Trinajstić information content (AvgIpc) is 2.59. The summed E-state index contributed by atoms with van der Waals surface area (Å²) in [5.74, 6) is -14.4. The van der Waals surface area contributed by atoms with Crippen LogP contribution in [0, 0.1) is 35.5 Å². The highest BCUT2D eigenvalue weighted by Crippen LogP contribution is 2.66. The van der Waals surface area contributed by atoms with E-state index in [1.165, 1.54) is 13.8 Å². The van der Waals surface area contributed by atoms with Crippen LogP contribution in [-0.2, 0) is 4.74 Å². The van der Waals surface area contributed by atoms with Crippen LogP contribution in [0.25, 0.3) is 0 Å². The number of ether oxygens (including phenoxy) is 1. The Morgan fingerprint density at radius 3 is 1.77 bits per heavy atom. The van der Waals surface area contributed by atoms with Gasteiger partial charge in [-0.3, -0.25) is 0 Å². The van der Waals surface area contributed by atoms with Crippen LogP contribution in [0.2, 0.25) is 0 Å². The molecule has 0 spiro atoms. The lowest BCUT2D eigenvalue weighted by Gasteiger charge is -2.63. The van der Waals surface area contributed by atoms with Gasteiger partial charge in [-0.15, -0.1) is 0 Å². The Hall–Kier alpha value is -0.600. The summed E-state index contributed by atoms with van der Waals surface area (Å²) in [6, 6.07) is 0. The molecular formula is C22H30F8O. The summed E-state index contributed by atoms with van der Waals surface area (Å²) in [4.78, 5) is 0. The molecule has 0 aromatic carbocycles. The SMILES string of the molecule is CCC1CC(OC2(C)C3CC4CC(C3)CC2C4)(C(F)(F)F)C(F)(F)C(C(C)(F)F)C1F. The van der Waals surface area contributed by atoms with Crippen molar-refractivity contribution in [2.24, 2.45) is 35.5 Å². The van der Waals surface area contributed by atoms with Gasteiger partial charge in [0.15, 0.2) is 0 Å². The first kappa shape index (κ1) is 23.6. The van der Waals surface area contributed by atoms with E-state index in [1.54, 1.807) is 0 Å². The average molecular weight is 462 g/mol. The Balaban J connectivity index is 1.82. The summed E-state index contributed by atoms with van der Waals surface area (Å²) >= 11 is 0. The molecule has 0 radical (unpaired) electrons. The first-order valence-corrected chi connectivity index (χ1v) is 11.2. The van der Waals surface area contributed by atoms with Crippen LogP contribution in [0.15, 0.2) is 0 Å². The van der Waals surface area contributed by atoms with E-state index in [-0.39, 0.29) is 25.2 Å². The van der Waals surface area contributed by atoms with Gasteiger partial charge in [-0.1, -0.05) is 13.3 Å². The van der Waals surface area contributed by atoms with Gasteiger partial charge in [0, 0.05) is 0 Å². The second-order valence-electron chi connectivity index (χ2n) is 10.8. The maximum atomic E-state index is 15.6. The zero-order valence-electron chi connectivity index (χ0n) is 17.9. The van der Waals surface area contributed by atoms with E-state index in [0.29, 0.717) is 37.5 Å². The van der Waals surface area contributed by atoms with Crippen LogP contribution in [0.5, 0.6) is 0 Å². The van der Waals surface area contributed by atoms with E-state index >= 15 is 8.78 Å². The predicted molar refractivity (Wildman–Crippen MR) is 97.7 cm³/mol. The number of hydrogen-bond acceptors (Lipinski definition) is 1. The second-order valence-corrected chi connectivity index (χ2v) is 10.8. The standard InChI is InChI=1S/C22H30F8O/c1-4-13-10-20(22(28,29)30,21(26,27)17(16(13)23)19(3,24)25)31-18(2)14-6-11-5-12(8-14)9-15(18)7-11/h11-17H,4-10H2,1-3H3. The molecule has 0 heterocycles. The normalized spacial score (nSPS) is 49.5. The van der Waals surface area contributed by atoms with E-state index in [0.717, 1.165) is 6.42 Å². The molecule has 1 nitrogen and oxygen atoms in total. The maximum absolute atomic E-state index is 15.6. The molecule has 5 saturated carbocycles. The van der Waals surface area contributed by atoms with Crippen LogP contribution >= 0.6 is 0 Å². The molecular weight excluding hydrogens is 432 g/mol. The van der Waals surface area contributed by atoms with Crippen molar-refractivity contribution < 1.29 is 39.9 Å². The van der Waals surface area contributed by atoms with Gasteiger partial charge in [-0.05, 0) is 82.0 Å². The highest BCUT2D eigenvalue weighted by Gasteiger charge is 2.81. The Bertz CT molecular complexity index is 671. The minimum Gasteiger partial charge on any atom is -0.353 e. The molecule has 0 N–H and O–H groups in total. The van der Waals surface area contributed by atoms with Crippen molar-refractivity contribution in [3.8, 4) is 0 Å². The Labute approximate surface area is 177 Å². The summed E-state index contributed by atoms with van der Waals surface area (Å²) in [6.45, 7) is 2.85. The Kier molecular flexibility index (Phi) is 5.28. The lowest BCUT2D eigenvalue weighted by molar-refractivity contribution is -0.427. The number of alkyl halides is 8. The third kappa shape index (κ3) is 3.25. The van der Waals surface area contributed by atoms with E-state index in [9.17, 15) is 26.3 Å². The minimum atomic E-state index is -5.63. The molecule has 0 saturated heterocycles. The zero-order valence-corrected chi connectivity index (χ0v) is 17.9. The van der Waals surface area contributed by atoms with E-state index in [1.807, 2.05) is 0 Å². The van der Waals surface area contributed by atoms with Gasteiger partial charge >= 0.3 is 6.18 Å². The molecule has 4 atom stereocenters. The summed E-state index contributed by atoms with van der Waals surface area (Å²) < 4.78 is 123. The van der Waals surface area contributed by atoms with E-state index in [2.05, 4.69) is 0 Å². The molecule has 5 fully saturated rings. The Morgan fingerprint density at radius 1 is 0.903 bits per heavy atom. The fraction of sp³-hybridized carbons (Fsp3) is 1.00. The van der Waals surface area contributed by atoms with Crippen molar-refractivity contribution in [3.05, 3.63) is 0 Å². The van der Waals surface area contributed by atoms with Crippen molar-refractivity contribution in [2.75, 3.05) is 0 Å². The van der Waals surface area contributed by atoms with Crippen LogP contribution < -0.4 is 0 Å². The Morgan fingerprint density at radius 2 is 1.39 bits per heavy atom. The van der Waals surface area contributed by atoms with Crippen molar-refractivity contribution in [1.82, 2.24) is 0 Å². The monoisotopic (exact) mass is 462 g/mol. The fourth-order valence-electron chi connectivity index (χ4n) is 7.44. The molecule has 4 unspecified atom stereocenters. The summed E-state index contributed by atoms with van der Waals surface area (Å²) in [6.07, 6.45) is -6.63. The second kappa shape index (κ2) is 6.95. The zero-order chi connectivity index (χ0) is 23.2. The maximum Gasteiger partial charge on any atom is 0.423 e.